The first-order valence-corrected chi connectivity index (χ1v) is 8.48. The number of hydrogen-bond acceptors (Lipinski definition) is 5. The van der Waals surface area contributed by atoms with Gasteiger partial charge in [-0.3, -0.25) is 4.79 Å². The van der Waals surface area contributed by atoms with Crippen LogP contribution < -0.4 is 5.32 Å². The maximum atomic E-state index is 11.9. The van der Waals surface area contributed by atoms with Gasteiger partial charge in [0.25, 0.3) is 5.91 Å². The third kappa shape index (κ3) is 4.29. The normalized spacial score (nSPS) is 16.1. The number of ether oxygens (including phenoxy) is 1. The molecule has 114 valence electrons. The quantitative estimate of drug-likeness (QED) is 0.817. The molecule has 0 bridgehead atoms. The van der Waals surface area contributed by atoms with Crippen LogP contribution in [0.1, 0.15) is 30.1 Å². The highest BCUT2D eigenvalue weighted by Gasteiger charge is 2.27. The average molecular weight is 311 g/mol. The van der Waals surface area contributed by atoms with Crippen molar-refractivity contribution >= 4 is 21.7 Å². The van der Waals surface area contributed by atoms with Crippen LogP contribution in [-0.2, 0) is 19.4 Å². The zero-order valence-corrected chi connectivity index (χ0v) is 12.6. The van der Waals surface area contributed by atoms with Gasteiger partial charge in [0, 0.05) is 12.3 Å². The third-order valence-electron chi connectivity index (χ3n) is 3.09. The molecule has 21 heavy (non-hydrogen) atoms. The highest BCUT2D eigenvalue weighted by atomic mass is 32.2. The first kappa shape index (κ1) is 15.5. The Balaban J connectivity index is 1.97. The van der Waals surface area contributed by atoms with Crippen molar-refractivity contribution < 1.29 is 22.7 Å². The highest BCUT2D eigenvalue weighted by Crippen LogP contribution is 2.19. The van der Waals surface area contributed by atoms with Gasteiger partial charge in [0.15, 0.2) is 15.9 Å². The number of rotatable bonds is 5. The van der Waals surface area contributed by atoms with Crippen LogP contribution in [-0.4, -0.2) is 38.7 Å². The third-order valence-corrected chi connectivity index (χ3v) is 4.22. The number of carbonyl (C=O) groups is 2. The summed E-state index contributed by atoms with van der Waals surface area (Å²) in [4.78, 5) is 23.7. The Bertz CT molecular complexity index is 646. The predicted octanol–water partition coefficient (Wildman–Crippen LogP) is 0.914. The molecule has 2 rings (SSSR count). The Labute approximate surface area is 123 Å². The Hall–Kier alpha value is -1.89. The molecule has 0 heterocycles. The molecule has 0 spiro atoms. The molecule has 0 radical (unpaired) electrons. The van der Waals surface area contributed by atoms with Gasteiger partial charge < -0.3 is 10.1 Å². The predicted molar refractivity (Wildman–Crippen MR) is 75.6 cm³/mol. The van der Waals surface area contributed by atoms with Gasteiger partial charge in [-0.2, -0.15) is 0 Å². The van der Waals surface area contributed by atoms with E-state index in [1.54, 1.807) is 0 Å². The fourth-order valence-electron chi connectivity index (χ4n) is 1.67. The molecule has 1 fully saturated rings. The molecule has 0 saturated heterocycles. The lowest BCUT2D eigenvalue weighted by Gasteiger charge is -2.13. The fourth-order valence-corrected chi connectivity index (χ4v) is 2.30. The van der Waals surface area contributed by atoms with Crippen LogP contribution in [0.25, 0.3) is 0 Å². The second-order valence-corrected chi connectivity index (χ2v) is 7.14. The van der Waals surface area contributed by atoms with Gasteiger partial charge in [-0.1, -0.05) is 0 Å². The lowest BCUT2D eigenvalue weighted by molar-refractivity contribution is -0.129. The van der Waals surface area contributed by atoms with E-state index in [4.69, 9.17) is 4.74 Å². The zero-order valence-electron chi connectivity index (χ0n) is 11.8. The summed E-state index contributed by atoms with van der Waals surface area (Å²) in [6.45, 7) is 1.50. The van der Waals surface area contributed by atoms with Gasteiger partial charge in [-0.05, 0) is 44.0 Å². The standard InChI is InChI=1S/C14H17NO5S/c1-9(13(16)15-11-5-6-11)20-14(17)10-3-7-12(8-4-10)21(2,18)19/h3-4,7-9,11H,5-6H2,1-2H3,(H,15,16)/t9-/m1/s1. The van der Waals surface area contributed by atoms with Gasteiger partial charge >= 0.3 is 5.97 Å². The topological polar surface area (TPSA) is 89.5 Å². The second kappa shape index (κ2) is 5.85. The van der Waals surface area contributed by atoms with E-state index in [-0.39, 0.29) is 22.4 Å². The monoisotopic (exact) mass is 311 g/mol. The van der Waals surface area contributed by atoms with Crippen LogP contribution in [0.4, 0.5) is 0 Å². The lowest BCUT2D eigenvalue weighted by atomic mass is 10.2. The van der Waals surface area contributed by atoms with Crippen LogP contribution in [0.2, 0.25) is 0 Å². The van der Waals surface area contributed by atoms with E-state index in [1.165, 1.54) is 31.2 Å². The number of carbonyl (C=O) groups excluding carboxylic acids is 2. The van der Waals surface area contributed by atoms with Crippen molar-refractivity contribution in [3.05, 3.63) is 29.8 Å². The molecule has 0 aliphatic heterocycles. The van der Waals surface area contributed by atoms with Gasteiger partial charge in [0.2, 0.25) is 0 Å². The molecule has 0 unspecified atom stereocenters. The van der Waals surface area contributed by atoms with Crippen LogP contribution in [0, 0.1) is 0 Å². The summed E-state index contributed by atoms with van der Waals surface area (Å²) in [6.07, 6.45) is 2.12. The number of hydrogen-bond donors (Lipinski definition) is 1. The van der Waals surface area contributed by atoms with Crippen LogP contribution in [0.5, 0.6) is 0 Å². The minimum absolute atomic E-state index is 0.124. The smallest absolute Gasteiger partial charge is 0.338 e. The molecule has 0 aromatic heterocycles. The largest absolute Gasteiger partial charge is 0.449 e. The first-order chi connectivity index (χ1) is 9.77. The number of esters is 1. The maximum Gasteiger partial charge on any atom is 0.338 e. The van der Waals surface area contributed by atoms with E-state index in [1.807, 2.05) is 0 Å². The Morgan fingerprint density at radius 2 is 1.81 bits per heavy atom. The highest BCUT2D eigenvalue weighted by molar-refractivity contribution is 7.90. The lowest BCUT2D eigenvalue weighted by Crippen LogP contribution is -2.37. The van der Waals surface area contributed by atoms with E-state index in [9.17, 15) is 18.0 Å². The number of nitrogens with one attached hydrogen (secondary N) is 1. The molecule has 1 aromatic rings. The SMILES string of the molecule is C[C@@H](OC(=O)c1ccc(S(C)(=O)=O)cc1)C(=O)NC1CC1. The molecule has 1 amide bonds. The van der Waals surface area contributed by atoms with Gasteiger partial charge in [-0.15, -0.1) is 0 Å². The van der Waals surface area contributed by atoms with Crippen LogP contribution in [0.3, 0.4) is 0 Å². The average Bonchev–Trinajstić information content (AvgIpc) is 3.21. The Morgan fingerprint density at radius 3 is 2.29 bits per heavy atom. The summed E-state index contributed by atoms with van der Waals surface area (Å²) in [5.41, 5.74) is 0.202. The molecular formula is C14H17NO5S. The molecular weight excluding hydrogens is 294 g/mol. The van der Waals surface area contributed by atoms with E-state index in [0.717, 1.165) is 19.1 Å². The number of sulfone groups is 1. The van der Waals surface area contributed by atoms with Crippen molar-refractivity contribution in [3.8, 4) is 0 Å². The van der Waals surface area contributed by atoms with Crippen LogP contribution in [0.15, 0.2) is 29.2 Å². The summed E-state index contributed by atoms with van der Waals surface area (Å²) in [5, 5.41) is 2.74. The zero-order chi connectivity index (χ0) is 15.6. The molecule has 7 heteroatoms. The van der Waals surface area contributed by atoms with Crippen molar-refractivity contribution in [1.82, 2.24) is 5.32 Å². The first-order valence-electron chi connectivity index (χ1n) is 6.59. The summed E-state index contributed by atoms with van der Waals surface area (Å²) in [5.74, 6) is -0.980. The van der Waals surface area contributed by atoms with E-state index < -0.39 is 21.9 Å². The molecule has 1 N–H and O–H groups in total. The summed E-state index contributed by atoms with van der Waals surface area (Å²) in [7, 11) is -3.30. The van der Waals surface area contributed by atoms with Crippen molar-refractivity contribution in [1.29, 1.82) is 0 Å². The van der Waals surface area contributed by atoms with Gasteiger partial charge in [-0.25, -0.2) is 13.2 Å². The Kier molecular flexibility index (Phi) is 4.32. The van der Waals surface area contributed by atoms with E-state index in [0.29, 0.717) is 0 Å². The molecule has 1 atom stereocenters. The van der Waals surface area contributed by atoms with Crippen molar-refractivity contribution in [2.24, 2.45) is 0 Å². The van der Waals surface area contributed by atoms with Gasteiger partial charge in [0.05, 0.1) is 10.5 Å². The van der Waals surface area contributed by atoms with Crippen molar-refractivity contribution in [2.45, 2.75) is 36.8 Å². The number of benzene rings is 1. The summed E-state index contributed by atoms with van der Waals surface area (Å²) in [6, 6.07) is 5.60. The molecule has 1 saturated carbocycles. The van der Waals surface area contributed by atoms with Gasteiger partial charge in [0.1, 0.15) is 0 Å². The molecule has 1 aliphatic carbocycles. The summed E-state index contributed by atoms with van der Waals surface area (Å²) >= 11 is 0. The van der Waals surface area contributed by atoms with Crippen LogP contribution >= 0.6 is 0 Å². The molecule has 1 aliphatic rings. The van der Waals surface area contributed by atoms with E-state index in [2.05, 4.69) is 5.32 Å². The second-order valence-electron chi connectivity index (χ2n) is 5.13. The Morgan fingerprint density at radius 1 is 1.24 bits per heavy atom. The summed E-state index contributed by atoms with van der Waals surface area (Å²) < 4.78 is 27.7. The van der Waals surface area contributed by atoms with Crippen molar-refractivity contribution in [3.63, 3.8) is 0 Å². The van der Waals surface area contributed by atoms with E-state index >= 15 is 0 Å². The minimum atomic E-state index is -3.30. The molecule has 6 nitrogen and oxygen atoms in total. The minimum Gasteiger partial charge on any atom is -0.449 e. The molecule has 1 aromatic carbocycles. The number of amides is 1. The fraction of sp³-hybridized carbons (Fsp3) is 0.429. The van der Waals surface area contributed by atoms with Crippen molar-refractivity contribution in [2.75, 3.05) is 6.26 Å². The maximum absolute atomic E-state index is 11.9.